The van der Waals surface area contributed by atoms with Crippen molar-refractivity contribution in [1.82, 2.24) is 0 Å². The molecule has 116 valence electrons. The minimum atomic E-state index is -3.59. The number of aryl methyl sites for hydroxylation is 1. The molecule has 0 spiro atoms. The second-order valence-electron chi connectivity index (χ2n) is 5.44. The van der Waals surface area contributed by atoms with Crippen molar-refractivity contribution >= 4 is 9.84 Å². The first-order valence-corrected chi connectivity index (χ1v) is 8.61. The van der Waals surface area contributed by atoms with Crippen LogP contribution in [0, 0.1) is 6.92 Å². The molecule has 1 aliphatic rings. The number of hydrogen-bond donors (Lipinski definition) is 0. The summed E-state index contributed by atoms with van der Waals surface area (Å²) in [6.45, 7) is 5.90. The van der Waals surface area contributed by atoms with Gasteiger partial charge in [0.2, 0.25) is 9.84 Å². The van der Waals surface area contributed by atoms with Gasteiger partial charge in [0.05, 0.1) is 11.5 Å². The number of benzene rings is 1. The third-order valence-corrected chi connectivity index (χ3v) is 6.00. The van der Waals surface area contributed by atoms with Gasteiger partial charge in [0.15, 0.2) is 11.2 Å². The number of ether oxygens (including phenoxy) is 2. The molecule has 1 saturated heterocycles. The van der Waals surface area contributed by atoms with Crippen LogP contribution in [0.4, 0.5) is 0 Å². The van der Waals surface area contributed by atoms with Crippen molar-refractivity contribution in [3.05, 3.63) is 42.0 Å². The molecule has 1 fully saturated rings. The summed E-state index contributed by atoms with van der Waals surface area (Å²) in [7, 11) is -3.59. The van der Waals surface area contributed by atoms with Gasteiger partial charge in [-0.2, -0.15) is 0 Å². The Kier molecular flexibility index (Phi) is 4.86. The quantitative estimate of drug-likeness (QED) is 0.804. The summed E-state index contributed by atoms with van der Waals surface area (Å²) in [6.07, 6.45) is 3.97. The van der Waals surface area contributed by atoms with E-state index in [1.54, 1.807) is 43.3 Å². The maximum Gasteiger partial charge on any atom is 0.207 e. The Hall–Kier alpha value is -1.17. The summed E-state index contributed by atoms with van der Waals surface area (Å²) in [6, 6.07) is 6.87. The third-order valence-electron chi connectivity index (χ3n) is 3.67. The molecule has 0 N–H and O–H groups in total. The van der Waals surface area contributed by atoms with Gasteiger partial charge in [0.25, 0.3) is 0 Å². The second-order valence-corrected chi connectivity index (χ2v) is 7.78. The highest BCUT2D eigenvalue weighted by atomic mass is 32.2. The molecule has 0 amide bonds. The molecule has 0 unspecified atom stereocenters. The van der Waals surface area contributed by atoms with Crippen LogP contribution >= 0.6 is 0 Å². The predicted molar refractivity (Wildman–Crippen MR) is 81.6 cm³/mol. The van der Waals surface area contributed by atoms with E-state index in [-0.39, 0.29) is 4.90 Å². The van der Waals surface area contributed by atoms with Crippen molar-refractivity contribution < 1.29 is 17.9 Å². The Morgan fingerprint density at radius 1 is 1.29 bits per heavy atom. The SMILES string of the molecule is C/C=C/[C@@H]1OCCC[C@](C)(S(=O)(=O)c2ccc(C)cc2)O1. The monoisotopic (exact) mass is 310 g/mol. The van der Waals surface area contributed by atoms with Gasteiger partial charge >= 0.3 is 0 Å². The van der Waals surface area contributed by atoms with E-state index in [2.05, 4.69) is 0 Å². The van der Waals surface area contributed by atoms with Gasteiger partial charge < -0.3 is 9.47 Å². The third kappa shape index (κ3) is 3.36. The predicted octanol–water partition coefficient (Wildman–Crippen LogP) is 3.21. The van der Waals surface area contributed by atoms with Gasteiger partial charge in [-0.25, -0.2) is 8.42 Å². The molecule has 1 aromatic carbocycles. The highest BCUT2D eigenvalue weighted by molar-refractivity contribution is 7.92. The normalized spacial score (nSPS) is 27.7. The first-order chi connectivity index (χ1) is 9.89. The standard InChI is InChI=1S/C16H22O4S/c1-4-6-15-19-12-5-11-16(3,20-15)21(17,18)14-9-7-13(2)8-10-14/h4,6-10,15H,5,11-12H2,1-3H3/b6-4+/t15-,16+/m1/s1. The van der Waals surface area contributed by atoms with E-state index >= 15 is 0 Å². The molecule has 0 aromatic heterocycles. The van der Waals surface area contributed by atoms with E-state index in [1.807, 2.05) is 13.8 Å². The fraction of sp³-hybridized carbons (Fsp3) is 0.500. The van der Waals surface area contributed by atoms with Gasteiger partial charge in [-0.15, -0.1) is 0 Å². The molecule has 2 atom stereocenters. The molecule has 1 aliphatic heterocycles. The Balaban J connectivity index is 2.37. The first kappa shape index (κ1) is 16.2. The van der Waals surface area contributed by atoms with E-state index in [4.69, 9.17) is 9.47 Å². The van der Waals surface area contributed by atoms with E-state index in [1.165, 1.54) is 0 Å². The molecule has 0 aliphatic carbocycles. The topological polar surface area (TPSA) is 52.6 Å². The number of allylic oxidation sites excluding steroid dienone is 1. The maximum atomic E-state index is 12.9. The van der Waals surface area contributed by atoms with Crippen LogP contribution in [0.2, 0.25) is 0 Å². The Bertz CT molecular complexity index is 604. The molecule has 2 rings (SSSR count). The second kappa shape index (κ2) is 6.30. The summed E-state index contributed by atoms with van der Waals surface area (Å²) in [5, 5.41) is 0. The molecular formula is C16H22O4S. The summed E-state index contributed by atoms with van der Waals surface area (Å²) in [5.41, 5.74) is 1.02. The molecule has 0 radical (unpaired) electrons. The fourth-order valence-corrected chi connectivity index (χ4v) is 3.98. The number of rotatable bonds is 3. The lowest BCUT2D eigenvalue weighted by atomic mass is 10.2. The van der Waals surface area contributed by atoms with Crippen LogP contribution in [0.1, 0.15) is 32.3 Å². The van der Waals surface area contributed by atoms with Crippen LogP contribution in [0.15, 0.2) is 41.3 Å². The van der Waals surface area contributed by atoms with Crippen LogP contribution in [0.3, 0.4) is 0 Å². The summed E-state index contributed by atoms with van der Waals surface area (Å²) < 4.78 is 37.1. The number of hydrogen-bond acceptors (Lipinski definition) is 4. The van der Waals surface area contributed by atoms with Gasteiger partial charge in [-0.05, 0) is 51.8 Å². The van der Waals surface area contributed by atoms with Crippen LogP contribution in [-0.2, 0) is 19.3 Å². The van der Waals surface area contributed by atoms with Gasteiger partial charge in [-0.3, -0.25) is 0 Å². The molecule has 0 saturated carbocycles. The molecule has 1 heterocycles. The van der Waals surface area contributed by atoms with Gasteiger partial charge in [0.1, 0.15) is 0 Å². The zero-order valence-corrected chi connectivity index (χ0v) is 13.5. The largest absolute Gasteiger partial charge is 0.349 e. The average Bonchev–Trinajstić information content (AvgIpc) is 2.63. The summed E-state index contributed by atoms with van der Waals surface area (Å²) in [4.78, 5) is -0.986. The first-order valence-electron chi connectivity index (χ1n) is 7.12. The van der Waals surface area contributed by atoms with Crippen LogP contribution in [0.25, 0.3) is 0 Å². The summed E-state index contributed by atoms with van der Waals surface area (Å²) >= 11 is 0. The van der Waals surface area contributed by atoms with Gasteiger partial charge in [-0.1, -0.05) is 23.8 Å². The maximum absolute atomic E-state index is 12.9. The lowest BCUT2D eigenvalue weighted by molar-refractivity contribution is -0.132. The van der Waals surface area contributed by atoms with E-state index in [0.29, 0.717) is 19.4 Å². The van der Waals surface area contributed by atoms with Gasteiger partial charge in [0, 0.05) is 0 Å². The van der Waals surface area contributed by atoms with E-state index in [9.17, 15) is 8.42 Å². The Labute approximate surface area is 126 Å². The fourth-order valence-electron chi connectivity index (χ4n) is 2.35. The molecule has 4 nitrogen and oxygen atoms in total. The summed E-state index contributed by atoms with van der Waals surface area (Å²) in [5.74, 6) is 0. The van der Waals surface area contributed by atoms with Crippen molar-refractivity contribution in [1.29, 1.82) is 0 Å². The zero-order chi connectivity index (χ0) is 15.5. The smallest absolute Gasteiger partial charge is 0.207 e. The Morgan fingerprint density at radius 3 is 2.57 bits per heavy atom. The van der Waals surface area contributed by atoms with Crippen molar-refractivity contribution in [3.63, 3.8) is 0 Å². The molecular weight excluding hydrogens is 288 g/mol. The lowest BCUT2D eigenvalue weighted by Gasteiger charge is -2.30. The molecule has 0 bridgehead atoms. The van der Waals surface area contributed by atoms with Crippen molar-refractivity contribution in [3.8, 4) is 0 Å². The highest BCUT2D eigenvalue weighted by Crippen LogP contribution is 2.34. The van der Waals surface area contributed by atoms with Crippen molar-refractivity contribution in [2.75, 3.05) is 6.61 Å². The molecule has 5 heteroatoms. The van der Waals surface area contributed by atoms with Crippen LogP contribution in [-0.4, -0.2) is 26.2 Å². The number of sulfone groups is 1. The van der Waals surface area contributed by atoms with E-state index < -0.39 is 21.1 Å². The molecule has 21 heavy (non-hydrogen) atoms. The highest BCUT2D eigenvalue weighted by Gasteiger charge is 2.44. The Morgan fingerprint density at radius 2 is 1.95 bits per heavy atom. The average molecular weight is 310 g/mol. The van der Waals surface area contributed by atoms with Crippen molar-refractivity contribution in [2.45, 2.75) is 49.7 Å². The van der Waals surface area contributed by atoms with Crippen molar-refractivity contribution in [2.24, 2.45) is 0 Å². The van der Waals surface area contributed by atoms with E-state index in [0.717, 1.165) is 5.56 Å². The van der Waals surface area contributed by atoms with Crippen LogP contribution < -0.4 is 0 Å². The minimum Gasteiger partial charge on any atom is -0.349 e. The molecule has 1 aromatic rings. The van der Waals surface area contributed by atoms with Crippen LogP contribution in [0.5, 0.6) is 0 Å². The lowest BCUT2D eigenvalue weighted by Crippen LogP contribution is -2.40. The minimum absolute atomic E-state index is 0.289. The zero-order valence-electron chi connectivity index (χ0n) is 12.7.